The monoisotopic (exact) mass is 388 g/mol. The number of carbonyl (C=O) groups excluding carboxylic acids is 2. The summed E-state index contributed by atoms with van der Waals surface area (Å²) in [6.45, 7) is 5.61. The quantitative estimate of drug-likeness (QED) is 0.627. The molecule has 29 heavy (non-hydrogen) atoms. The SMILES string of the molecule is Cc1cccc(C)c1OC(C)C(=O)Nc1cccc(NC(=O)c2ccccc2)c1. The number of para-hydroxylation sites is 1. The van der Waals surface area contributed by atoms with Gasteiger partial charge in [-0.2, -0.15) is 0 Å². The molecule has 148 valence electrons. The first kappa shape index (κ1) is 20.1. The molecule has 0 spiro atoms. The van der Waals surface area contributed by atoms with Gasteiger partial charge in [-0.1, -0.05) is 42.5 Å². The summed E-state index contributed by atoms with van der Waals surface area (Å²) < 4.78 is 5.88. The van der Waals surface area contributed by atoms with Crippen molar-refractivity contribution in [2.45, 2.75) is 26.9 Å². The van der Waals surface area contributed by atoms with Crippen LogP contribution in [-0.4, -0.2) is 17.9 Å². The Morgan fingerprint density at radius 3 is 2.03 bits per heavy atom. The normalized spacial score (nSPS) is 11.4. The number of hydrogen-bond donors (Lipinski definition) is 2. The highest BCUT2D eigenvalue weighted by molar-refractivity contribution is 6.04. The second-order valence-electron chi connectivity index (χ2n) is 6.87. The summed E-state index contributed by atoms with van der Waals surface area (Å²) in [5.41, 5.74) is 3.71. The van der Waals surface area contributed by atoms with Crippen LogP contribution < -0.4 is 15.4 Å². The molecule has 0 saturated heterocycles. The van der Waals surface area contributed by atoms with Gasteiger partial charge in [-0.3, -0.25) is 9.59 Å². The third-order valence-corrected chi connectivity index (χ3v) is 4.50. The molecule has 0 heterocycles. The lowest BCUT2D eigenvalue weighted by Gasteiger charge is -2.18. The molecule has 1 unspecified atom stereocenters. The summed E-state index contributed by atoms with van der Waals surface area (Å²) in [6.07, 6.45) is -0.669. The number of nitrogens with one attached hydrogen (secondary N) is 2. The maximum atomic E-state index is 12.6. The van der Waals surface area contributed by atoms with E-state index in [1.165, 1.54) is 0 Å². The van der Waals surface area contributed by atoms with Gasteiger partial charge in [0.2, 0.25) is 0 Å². The van der Waals surface area contributed by atoms with Crippen molar-refractivity contribution in [1.29, 1.82) is 0 Å². The van der Waals surface area contributed by atoms with E-state index in [9.17, 15) is 9.59 Å². The second kappa shape index (κ2) is 9.06. The van der Waals surface area contributed by atoms with E-state index in [0.29, 0.717) is 16.9 Å². The zero-order chi connectivity index (χ0) is 20.8. The highest BCUT2D eigenvalue weighted by Crippen LogP contribution is 2.24. The molecular weight excluding hydrogens is 364 g/mol. The highest BCUT2D eigenvalue weighted by Gasteiger charge is 2.17. The molecule has 3 rings (SSSR count). The molecule has 0 saturated carbocycles. The van der Waals surface area contributed by atoms with Crippen LogP contribution in [0.25, 0.3) is 0 Å². The molecule has 0 radical (unpaired) electrons. The van der Waals surface area contributed by atoms with Gasteiger partial charge in [-0.15, -0.1) is 0 Å². The summed E-state index contributed by atoms with van der Waals surface area (Å²) in [5, 5.41) is 5.67. The van der Waals surface area contributed by atoms with Gasteiger partial charge in [0, 0.05) is 16.9 Å². The first-order valence-electron chi connectivity index (χ1n) is 9.44. The lowest BCUT2D eigenvalue weighted by atomic mass is 10.1. The van der Waals surface area contributed by atoms with Gasteiger partial charge in [-0.05, 0) is 62.2 Å². The molecule has 0 aliphatic heterocycles. The largest absolute Gasteiger partial charge is 0.480 e. The smallest absolute Gasteiger partial charge is 0.265 e. The van der Waals surface area contributed by atoms with Crippen LogP contribution >= 0.6 is 0 Å². The Bertz CT molecular complexity index is 995. The van der Waals surface area contributed by atoms with Crippen molar-refractivity contribution in [3.8, 4) is 5.75 Å². The lowest BCUT2D eigenvalue weighted by molar-refractivity contribution is -0.122. The molecule has 2 amide bonds. The van der Waals surface area contributed by atoms with Crippen molar-refractivity contribution >= 4 is 23.2 Å². The maximum absolute atomic E-state index is 12.6. The van der Waals surface area contributed by atoms with E-state index < -0.39 is 6.10 Å². The first-order chi connectivity index (χ1) is 13.9. The van der Waals surface area contributed by atoms with Crippen LogP contribution in [0.1, 0.15) is 28.4 Å². The minimum atomic E-state index is -0.669. The lowest BCUT2D eigenvalue weighted by Crippen LogP contribution is -2.30. The predicted octanol–water partition coefficient (Wildman–Crippen LogP) is 4.96. The predicted molar refractivity (Wildman–Crippen MR) is 115 cm³/mol. The van der Waals surface area contributed by atoms with Crippen LogP contribution in [0.4, 0.5) is 11.4 Å². The number of amides is 2. The van der Waals surface area contributed by atoms with Crippen LogP contribution in [0, 0.1) is 13.8 Å². The van der Waals surface area contributed by atoms with Crippen molar-refractivity contribution in [2.24, 2.45) is 0 Å². The molecule has 3 aromatic rings. The van der Waals surface area contributed by atoms with Crippen LogP contribution in [-0.2, 0) is 4.79 Å². The number of anilines is 2. The number of rotatable bonds is 6. The minimum Gasteiger partial charge on any atom is -0.480 e. The summed E-state index contributed by atoms with van der Waals surface area (Å²) in [5.74, 6) is 0.249. The molecule has 5 heteroatoms. The van der Waals surface area contributed by atoms with Gasteiger partial charge in [0.05, 0.1) is 0 Å². The van der Waals surface area contributed by atoms with E-state index in [1.807, 2.05) is 50.2 Å². The van der Waals surface area contributed by atoms with Crippen molar-refractivity contribution in [3.05, 3.63) is 89.5 Å². The number of carbonyl (C=O) groups is 2. The molecule has 0 aromatic heterocycles. The minimum absolute atomic E-state index is 0.208. The highest BCUT2D eigenvalue weighted by atomic mass is 16.5. The Morgan fingerprint density at radius 1 is 0.793 bits per heavy atom. The fourth-order valence-electron chi connectivity index (χ4n) is 2.93. The van der Waals surface area contributed by atoms with Gasteiger partial charge in [0.1, 0.15) is 5.75 Å². The van der Waals surface area contributed by atoms with Crippen LogP contribution in [0.3, 0.4) is 0 Å². The zero-order valence-electron chi connectivity index (χ0n) is 16.7. The van der Waals surface area contributed by atoms with Crippen molar-refractivity contribution in [3.63, 3.8) is 0 Å². The number of ether oxygens (including phenoxy) is 1. The molecule has 3 aromatic carbocycles. The zero-order valence-corrected chi connectivity index (χ0v) is 16.7. The van der Waals surface area contributed by atoms with E-state index in [4.69, 9.17) is 4.74 Å². The van der Waals surface area contributed by atoms with E-state index in [2.05, 4.69) is 10.6 Å². The van der Waals surface area contributed by atoms with E-state index >= 15 is 0 Å². The number of benzene rings is 3. The van der Waals surface area contributed by atoms with Crippen LogP contribution in [0.15, 0.2) is 72.8 Å². The summed E-state index contributed by atoms with van der Waals surface area (Å²) in [4.78, 5) is 24.9. The molecule has 5 nitrogen and oxygen atoms in total. The van der Waals surface area contributed by atoms with Gasteiger partial charge < -0.3 is 15.4 Å². The van der Waals surface area contributed by atoms with Crippen molar-refractivity contribution in [1.82, 2.24) is 0 Å². The fraction of sp³-hybridized carbons (Fsp3) is 0.167. The summed E-state index contributed by atoms with van der Waals surface area (Å²) in [6, 6.07) is 21.8. The Balaban J connectivity index is 1.65. The molecule has 1 atom stereocenters. The Labute approximate surface area is 170 Å². The van der Waals surface area contributed by atoms with Gasteiger partial charge >= 0.3 is 0 Å². The van der Waals surface area contributed by atoms with Gasteiger partial charge in [0.15, 0.2) is 6.10 Å². The maximum Gasteiger partial charge on any atom is 0.265 e. The van der Waals surface area contributed by atoms with Crippen LogP contribution in [0.5, 0.6) is 5.75 Å². The van der Waals surface area contributed by atoms with Crippen molar-refractivity contribution < 1.29 is 14.3 Å². The van der Waals surface area contributed by atoms with E-state index in [-0.39, 0.29) is 11.8 Å². The van der Waals surface area contributed by atoms with E-state index in [0.717, 1.165) is 16.9 Å². The molecule has 2 N–H and O–H groups in total. The molecule has 0 aliphatic carbocycles. The topological polar surface area (TPSA) is 67.4 Å². The molecular formula is C24H24N2O3. The summed E-state index contributed by atoms with van der Waals surface area (Å²) >= 11 is 0. The second-order valence-corrected chi connectivity index (χ2v) is 6.87. The Kier molecular flexibility index (Phi) is 6.29. The van der Waals surface area contributed by atoms with Gasteiger partial charge in [0.25, 0.3) is 11.8 Å². The van der Waals surface area contributed by atoms with E-state index in [1.54, 1.807) is 43.3 Å². The average molecular weight is 388 g/mol. The van der Waals surface area contributed by atoms with Crippen LogP contribution in [0.2, 0.25) is 0 Å². The molecule has 0 fully saturated rings. The third-order valence-electron chi connectivity index (χ3n) is 4.50. The molecule has 0 aliphatic rings. The summed E-state index contributed by atoms with van der Waals surface area (Å²) in [7, 11) is 0. The number of aryl methyl sites for hydroxylation is 2. The standard InChI is InChI=1S/C24H24N2O3/c1-16-9-7-10-17(2)22(16)29-18(3)23(27)25-20-13-8-14-21(15-20)26-24(28)19-11-5-4-6-12-19/h4-15,18H,1-3H3,(H,25,27)(H,26,28). The molecule has 0 bridgehead atoms. The van der Waals surface area contributed by atoms with Crippen molar-refractivity contribution in [2.75, 3.05) is 10.6 Å². The fourth-order valence-corrected chi connectivity index (χ4v) is 2.93. The number of hydrogen-bond acceptors (Lipinski definition) is 3. The first-order valence-corrected chi connectivity index (χ1v) is 9.44. The average Bonchev–Trinajstić information content (AvgIpc) is 2.71. The third kappa shape index (κ3) is 5.23. The Morgan fingerprint density at radius 2 is 1.38 bits per heavy atom. The van der Waals surface area contributed by atoms with Gasteiger partial charge in [-0.25, -0.2) is 0 Å². The Hall–Kier alpha value is -3.60.